The lowest BCUT2D eigenvalue weighted by Gasteiger charge is -2.40. The van der Waals surface area contributed by atoms with Gasteiger partial charge in [-0.3, -0.25) is 14.4 Å². The normalized spacial score (nSPS) is 22.3. The number of amides is 3. The number of anilines is 1. The van der Waals surface area contributed by atoms with Gasteiger partial charge in [0.05, 0.1) is 31.4 Å². The second-order valence-electron chi connectivity index (χ2n) is 9.06. The summed E-state index contributed by atoms with van der Waals surface area (Å²) in [6.07, 6.45) is 0.534. The van der Waals surface area contributed by atoms with Gasteiger partial charge < -0.3 is 24.2 Å². The molecule has 0 bridgehead atoms. The van der Waals surface area contributed by atoms with Crippen LogP contribution in [0.15, 0.2) is 48.5 Å². The van der Waals surface area contributed by atoms with Gasteiger partial charge in [0, 0.05) is 31.7 Å². The van der Waals surface area contributed by atoms with E-state index in [0.717, 1.165) is 0 Å². The SMILES string of the molecule is O=C(c1ccc(F)cc1)N1CCCC(C(=O)N2CC(C(=O)N3CCOCC3)Oc3ccccc32)C1. The minimum absolute atomic E-state index is 0.119. The predicted octanol–water partition coefficient (Wildman–Crippen LogP) is 2.33. The number of carbonyl (C=O) groups is 3. The van der Waals surface area contributed by atoms with Crippen molar-refractivity contribution in [2.45, 2.75) is 18.9 Å². The van der Waals surface area contributed by atoms with E-state index in [0.29, 0.717) is 62.7 Å². The molecule has 2 aromatic carbocycles. The molecule has 2 unspecified atom stereocenters. The number of fused-ring (bicyclic) bond motifs is 1. The Kier molecular flexibility index (Phi) is 6.68. The minimum atomic E-state index is -0.799. The van der Waals surface area contributed by atoms with Crippen LogP contribution in [0.25, 0.3) is 0 Å². The van der Waals surface area contributed by atoms with Crippen molar-refractivity contribution in [1.29, 1.82) is 0 Å². The van der Waals surface area contributed by atoms with Gasteiger partial charge in [0.2, 0.25) is 5.91 Å². The highest BCUT2D eigenvalue weighted by Crippen LogP contribution is 2.35. The number of rotatable bonds is 3. The van der Waals surface area contributed by atoms with Gasteiger partial charge in [-0.2, -0.15) is 0 Å². The molecule has 2 atom stereocenters. The highest BCUT2D eigenvalue weighted by atomic mass is 19.1. The number of hydrogen-bond acceptors (Lipinski definition) is 5. The molecule has 35 heavy (non-hydrogen) atoms. The molecule has 5 rings (SSSR count). The van der Waals surface area contributed by atoms with Crippen LogP contribution in [0.4, 0.5) is 10.1 Å². The molecule has 3 aliphatic heterocycles. The molecule has 0 N–H and O–H groups in total. The first-order valence-corrected chi connectivity index (χ1v) is 12.0. The van der Waals surface area contributed by atoms with Crippen LogP contribution in [-0.4, -0.2) is 79.6 Å². The Morgan fingerprint density at radius 2 is 1.60 bits per heavy atom. The zero-order chi connectivity index (χ0) is 24.4. The van der Waals surface area contributed by atoms with Crippen LogP contribution in [0.3, 0.4) is 0 Å². The van der Waals surface area contributed by atoms with Gasteiger partial charge in [0.15, 0.2) is 6.10 Å². The van der Waals surface area contributed by atoms with Crippen molar-refractivity contribution in [2.75, 3.05) is 50.8 Å². The summed E-state index contributed by atoms with van der Waals surface area (Å²) in [4.78, 5) is 44.9. The van der Waals surface area contributed by atoms with Crippen LogP contribution in [-0.2, 0) is 14.3 Å². The fourth-order valence-corrected chi connectivity index (χ4v) is 4.92. The molecule has 0 spiro atoms. The largest absolute Gasteiger partial charge is 0.476 e. The van der Waals surface area contributed by atoms with Crippen molar-refractivity contribution < 1.29 is 28.2 Å². The molecule has 2 fully saturated rings. The van der Waals surface area contributed by atoms with E-state index in [2.05, 4.69) is 0 Å². The highest BCUT2D eigenvalue weighted by molar-refractivity contribution is 6.00. The van der Waals surface area contributed by atoms with Gasteiger partial charge in [0.25, 0.3) is 11.8 Å². The van der Waals surface area contributed by atoms with Crippen LogP contribution < -0.4 is 9.64 Å². The molecular weight excluding hydrogens is 453 g/mol. The topological polar surface area (TPSA) is 79.4 Å². The van der Waals surface area contributed by atoms with E-state index in [1.807, 2.05) is 18.2 Å². The van der Waals surface area contributed by atoms with Crippen LogP contribution in [0.1, 0.15) is 23.2 Å². The Labute approximate surface area is 203 Å². The summed E-state index contributed by atoms with van der Waals surface area (Å²) in [7, 11) is 0. The maximum atomic E-state index is 13.7. The quantitative estimate of drug-likeness (QED) is 0.673. The number of morpholine rings is 1. The summed E-state index contributed by atoms with van der Waals surface area (Å²) >= 11 is 0. The number of benzene rings is 2. The molecule has 184 valence electrons. The summed E-state index contributed by atoms with van der Waals surface area (Å²) in [5, 5.41) is 0. The Bertz CT molecular complexity index is 1100. The van der Waals surface area contributed by atoms with Gasteiger partial charge in [0.1, 0.15) is 11.6 Å². The van der Waals surface area contributed by atoms with Crippen molar-refractivity contribution in [1.82, 2.24) is 9.80 Å². The molecule has 3 aliphatic rings. The molecule has 9 heteroatoms. The van der Waals surface area contributed by atoms with Crippen molar-refractivity contribution in [2.24, 2.45) is 5.92 Å². The Morgan fingerprint density at radius 3 is 2.37 bits per heavy atom. The maximum Gasteiger partial charge on any atom is 0.265 e. The molecular formula is C26H28FN3O5. The highest BCUT2D eigenvalue weighted by Gasteiger charge is 2.39. The third-order valence-corrected chi connectivity index (χ3v) is 6.79. The number of ether oxygens (including phenoxy) is 2. The number of likely N-dealkylation sites (tertiary alicyclic amines) is 1. The number of piperidine rings is 1. The third-order valence-electron chi connectivity index (χ3n) is 6.79. The van der Waals surface area contributed by atoms with E-state index in [4.69, 9.17) is 9.47 Å². The molecule has 2 aromatic rings. The molecule has 3 amide bonds. The first-order valence-electron chi connectivity index (χ1n) is 12.0. The van der Waals surface area contributed by atoms with Crippen molar-refractivity contribution in [3.05, 3.63) is 59.9 Å². The lowest BCUT2D eigenvalue weighted by Crippen LogP contribution is -2.56. The van der Waals surface area contributed by atoms with Crippen molar-refractivity contribution in [3.8, 4) is 5.75 Å². The first-order chi connectivity index (χ1) is 17.0. The number of halogens is 1. The second-order valence-corrected chi connectivity index (χ2v) is 9.06. The van der Waals surface area contributed by atoms with Crippen LogP contribution in [0.5, 0.6) is 5.75 Å². The molecule has 0 aromatic heterocycles. The Hall–Kier alpha value is -3.46. The first kappa shape index (κ1) is 23.3. The van der Waals surface area contributed by atoms with Gasteiger partial charge in [-0.15, -0.1) is 0 Å². The van der Waals surface area contributed by atoms with E-state index >= 15 is 0 Å². The summed E-state index contributed by atoms with van der Waals surface area (Å²) in [5.74, 6) is -0.813. The average Bonchev–Trinajstić information content (AvgIpc) is 2.92. The molecule has 2 saturated heterocycles. The summed E-state index contributed by atoms with van der Waals surface area (Å²) in [6.45, 7) is 2.90. The molecule has 0 saturated carbocycles. The molecule has 8 nitrogen and oxygen atoms in total. The van der Waals surface area contributed by atoms with Crippen LogP contribution in [0, 0.1) is 11.7 Å². The van der Waals surface area contributed by atoms with Crippen molar-refractivity contribution in [3.63, 3.8) is 0 Å². The van der Waals surface area contributed by atoms with Crippen LogP contribution >= 0.6 is 0 Å². The van der Waals surface area contributed by atoms with Gasteiger partial charge in [-0.05, 0) is 49.2 Å². The van der Waals surface area contributed by atoms with E-state index in [9.17, 15) is 18.8 Å². The third kappa shape index (κ3) is 4.86. The second kappa shape index (κ2) is 10.0. The van der Waals surface area contributed by atoms with Gasteiger partial charge in [-0.1, -0.05) is 12.1 Å². The van der Waals surface area contributed by atoms with Crippen LogP contribution in [0.2, 0.25) is 0 Å². The lowest BCUT2D eigenvalue weighted by atomic mass is 9.95. The number of para-hydroxylation sites is 2. The monoisotopic (exact) mass is 481 g/mol. The molecule has 0 aliphatic carbocycles. The zero-order valence-electron chi connectivity index (χ0n) is 19.4. The van der Waals surface area contributed by atoms with E-state index < -0.39 is 17.8 Å². The predicted molar refractivity (Wildman–Crippen MR) is 126 cm³/mol. The lowest BCUT2D eigenvalue weighted by molar-refractivity contribution is -0.143. The van der Waals surface area contributed by atoms with E-state index in [-0.39, 0.29) is 30.8 Å². The minimum Gasteiger partial charge on any atom is -0.476 e. The summed E-state index contributed by atoms with van der Waals surface area (Å²) in [5.41, 5.74) is 1.03. The van der Waals surface area contributed by atoms with E-state index in [1.54, 1.807) is 20.8 Å². The Morgan fingerprint density at radius 1 is 0.857 bits per heavy atom. The number of hydrogen-bond donors (Lipinski definition) is 0. The van der Waals surface area contributed by atoms with Gasteiger partial charge >= 0.3 is 0 Å². The smallest absolute Gasteiger partial charge is 0.265 e. The average molecular weight is 482 g/mol. The molecule has 0 radical (unpaired) electrons. The fraction of sp³-hybridized carbons (Fsp3) is 0.423. The van der Waals surface area contributed by atoms with Crippen molar-refractivity contribution >= 4 is 23.4 Å². The fourth-order valence-electron chi connectivity index (χ4n) is 4.92. The summed E-state index contributed by atoms with van der Waals surface area (Å²) < 4.78 is 24.6. The maximum absolute atomic E-state index is 13.7. The number of nitrogens with zero attached hydrogens (tertiary/aromatic N) is 3. The van der Waals surface area contributed by atoms with E-state index in [1.165, 1.54) is 24.3 Å². The van der Waals surface area contributed by atoms with Gasteiger partial charge in [-0.25, -0.2) is 4.39 Å². The summed E-state index contributed by atoms with van der Waals surface area (Å²) in [6, 6.07) is 12.7. The zero-order valence-corrected chi connectivity index (χ0v) is 19.4. The Balaban J connectivity index is 1.33. The number of carbonyl (C=O) groups excluding carboxylic acids is 3. The molecule has 3 heterocycles. The standard InChI is InChI=1S/C26H28FN3O5/c27-20-9-7-18(8-10-20)24(31)29-11-3-4-19(16-29)25(32)30-17-23(26(33)28-12-14-34-15-13-28)35-22-6-2-1-5-21(22)30/h1-2,5-10,19,23H,3-4,11-17H2.